The van der Waals surface area contributed by atoms with Gasteiger partial charge in [-0.25, -0.2) is 13.4 Å². The fourth-order valence-corrected chi connectivity index (χ4v) is 3.50. The maximum absolute atomic E-state index is 12.0. The molecule has 10 heteroatoms. The molecule has 0 spiro atoms. The molecule has 1 amide bonds. The molecule has 1 aliphatic rings. The van der Waals surface area contributed by atoms with Crippen LogP contribution in [0.4, 0.5) is 10.8 Å². The van der Waals surface area contributed by atoms with Crippen LogP contribution in [-0.2, 0) is 21.2 Å². The zero-order valence-corrected chi connectivity index (χ0v) is 13.7. The molecule has 122 valence electrons. The lowest BCUT2D eigenvalue weighted by atomic mass is 10.2. The monoisotopic (exact) mass is 355 g/mol. The Balaban J connectivity index is 1.61. The van der Waals surface area contributed by atoms with Crippen LogP contribution in [0, 0.1) is 0 Å². The number of fused-ring (bicyclic) bond motifs is 1. The lowest BCUT2D eigenvalue weighted by Crippen LogP contribution is -2.15. The molecule has 0 bridgehead atoms. The average Bonchev–Trinajstić information content (AvgIpc) is 3.05. The molecule has 0 radical (unpaired) electrons. The summed E-state index contributed by atoms with van der Waals surface area (Å²) in [6.07, 6.45) is 1.08. The van der Waals surface area contributed by atoms with Crippen LogP contribution in [0.2, 0.25) is 0 Å². The summed E-state index contributed by atoms with van der Waals surface area (Å²) in [7, 11) is -3.38. The second kappa shape index (κ2) is 6.05. The molecule has 23 heavy (non-hydrogen) atoms. The molecule has 2 N–H and O–H groups in total. The average molecular weight is 355 g/mol. The Kier molecular flexibility index (Phi) is 4.09. The summed E-state index contributed by atoms with van der Waals surface area (Å²) in [5.74, 6) is 0.954. The van der Waals surface area contributed by atoms with Crippen molar-refractivity contribution in [2.45, 2.75) is 6.42 Å². The molecule has 2 heterocycles. The minimum Gasteiger partial charge on any atom is -0.454 e. The number of hydrogen-bond acceptors (Lipinski definition) is 7. The first-order chi connectivity index (χ1) is 10.9. The lowest BCUT2D eigenvalue weighted by Gasteiger charge is -2.05. The molecular formula is C13H13N3O5S2. The van der Waals surface area contributed by atoms with Gasteiger partial charge in [0, 0.05) is 17.1 Å². The Morgan fingerprint density at radius 1 is 1.35 bits per heavy atom. The van der Waals surface area contributed by atoms with Gasteiger partial charge >= 0.3 is 0 Å². The van der Waals surface area contributed by atoms with E-state index in [1.807, 2.05) is 0 Å². The SMILES string of the molecule is CS(=O)(=O)Nc1nc(CC(=O)Nc2ccc3c(c2)OCO3)cs1. The van der Waals surface area contributed by atoms with E-state index < -0.39 is 10.0 Å². The van der Waals surface area contributed by atoms with Gasteiger partial charge in [-0.15, -0.1) is 11.3 Å². The van der Waals surface area contributed by atoms with Crippen molar-refractivity contribution in [2.75, 3.05) is 23.1 Å². The minimum atomic E-state index is -3.38. The van der Waals surface area contributed by atoms with E-state index in [1.165, 1.54) is 0 Å². The number of aromatic nitrogens is 1. The maximum atomic E-state index is 12.0. The molecule has 1 aromatic heterocycles. The predicted molar refractivity (Wildman–Crippen MR) is 85.5 cm³/mol. The number of benzene rings is 1. The van der Waals surface area contributed by atoms with E-state index in [4.69, 9.17) is 9.47 Å². The Labute approximate surface area is 136 Å². The second-order valence-electron chi connectivity index (χ2n) is 4.81. The number of amides is 1. The van der Waals surface area contributed by atoms with E-state index in [0.717, 1.165) is 17.6 Å². The third-order valence-corrected chi connectivity index (χ3v) is 4.32. The summed E-state index contributed by atoms with van der Waals surface area (Å²) < 4.78 is 34.9. The van der Waals surface area contributed by atoms with Crippen molar-refractivity contribution in [1.29, 1.82) is 0 Å². The maximum Gasteiger partial charge on any atom is 0.231 e. The van der Waals surface area contributed by atoms with Crippen molar-refractivity contribution in [2.24, 2.45) is 0 Å². The van der Waals surface area contributed by atoms with Gasteiger partial charge in [0.1, 0.15) is 0 Å². The fraction of sp³-hybridized carbons (Fsp3) is 0.231. The highest BCUT2D eigenvalue weighted by Crippen LogP contribution is 2.34. The van der Waals surface area contributed by atoms with Crippen LogP contribution in [0.15, 0.2) is 23.6 Å². The summed E-state index contributed by atoms with van der Waals surface area (Å²) in [6, 6.07) is 5.11. The van der Waals surface area contributed by atoms with Gasteiger partial charge in [-0.1, -0.05) is 0 Å². The number of carbonyl (C=O) groups is 1. The van der Waals surface area contributed by atoms with Gasteiger partial charge in [-0.2, -0.15) is 0 Å². The topological polar surface area (TPSA) is 107 Å². The lowest BCUT2D eigenvalue weighted by molar-refractivity contribution is -0.115. The standard InChI is InChI=1S/C13H13N3O5S2/c1-23(18,19)16-13-15-9(6-22-13)5-12(17)14-8-2-3-10-11(4-8)21-7-20-10/h2-4,6H,5,7H2,1H3,(H,14,17)(H,15,16). The second-order valence-corrected chi connectivity index (χ2v) is 7.42. The van der Waals surface area contributed by atoms with Crippen LogP contribution in [0.1, 0.15) is 5.69 Å². The van der Waals surface area contributed by atoms with E-state index in [9.17, 15) is 13.2 Å². The molecule has 3 rings (SSSR count). The molecule has 0 fully saturated rings. The number of thiazole rings is 1. The minimum absolute atomic E-state index is 0.0381. The van der Waals surface area contributed by atoms with E-state index >= 15 is 0 Å². The summed E-state index contributed by atoms with van der Waals surface area (Å²) in [4.78, 5) is 16.1. The molecule has 0 atom stereocenters. The quantitative estimate of drug-likeness (QED) is 0.840. The third-order valence-electron chi connectivity index (χ3n) is 2.82. The molecular weight excluding hydrogens is 342 g/mol. The van der Waals surface area contributed by atoms with Crippen molar-refractivity contribution in [3.63, 3.8) is 0 Å². The highest BCUT2D eigenvalue weighted by atomic mass is 32.2. The summed E-state index contributed by atoms with van der Waals surface area (Å²) >= 11 is 1.12. The predicted octanol–water partition coefficient (Wildman–Crippen LogP) is 1.42. The number of carbonyl (C=O) groups excluding carboxylic acids is 1. The molecule has 2 aromatic rings. The van der Waals surface area contributed by atoms with Crippen LogP contribution in [-0.4, -0.2) is 32.4 Å². The van der Waals surface area contributed by atoms with Crippen molar-refractivity contribution < 1.29 is 22.7 Å². The number of anilines is 2. The Bertz CT molecular complexity index is 847. The highest BCUT2D eigenvalue weighted by molar-refractivity contribution is 7.92. The molecule has 0 saturated heterocycles. The van der Waals surface area contributed by atoms with Gasteiger partial charge in [-0.3, -0.25) is 9.52 Å². The molecule has 0 unspecified atom stereocenters. The van der Waals surface area contributed by atoms with Crippen molar-refractivity contribution in [3.05, 3.63) is 29.3 Å². The number of ether oxygens (including phenoxy) is 2. The number of nitrogens with zero attached hydrogens (tertiary/aromatic N) is 1. The van der Waals surface area contributed by atoms with Gasteiger partial charge in [0.25, 0.3) is 0 Å². The zero-order valence-electron chi connectivity index (χ0n) is 12.0. The summed E-state index contributed by atoms with van der Waals surface area (Å²) in [5, 5.41) is 4.60. The van der Waals surface area contributed by atoms with Crippen LogP contribution >= 0.6 is 11.3 Å². The molecule has 0 saturated carbocycles. The van der Waals surface area contributed by atoms with Crippen LogP contribution < -0.4 is 19.5 Å². The highest BCUT2D eigenvalue weighted by Gasteiger charge is 2.15. The Morgan fingerprint density at radius 3 is 2.91 bits per heavy atom. The van der Waals surface area contributed by atoms with Gasteiger partial charge in [0.15, 0.2) is 16.6 Å². The third kappa shape index (κ3) is 4.11. The van der Waals surface area contributed by atoms with Gasteiger partial charge in [0.05, 0.1) is 18.4 Å². The van der Waals surface area contributed by atoms with Crippen molar-refractivity contribution >= 4 is 38.1 Å². The Morgan fingerprint density at radius 2 is 2.13 bits per heavy atom. The van der Waals surface area contributed by atoms with E-state index in [-0.39, 0.29) is 24.3 Å². The first-order valence-electron chi connectivity index (χ1n) is 6.51. The smallest absolute Gasteiger partial charge is 0.231 e. The van der Waals surface area contributed by atoms with Gasteiger partial charge in [-0.05, 0) is 12.1 Å². The largest absolute Gasteiger partial charge is 0.454 e. The number of nitrogens with one attached hydrogen (secondary N) is 2. The number of rotatable bonds is 5. The molecule has 1 aromatic carbocycles. The normalized spacial score (nSPS) is 12.9. The fourth-order valence-electron chi connectivity index (χ4n) is 1.94. The van der Waals surface area contributed by atoms with Crippen LogP contribution in [0.3, 0.4) is 0 Å². The summed E-state index contributed by atoms with van der Waals surface area (Å²) in [5.41, 5.74) is 1.07. The number of hydrogen-bond donors (Lipinski definition) is 2. The number of sulfonamides is 1. The summed E-state index contributed by atoms with van der Waals surface area (Å²) in [6.45, 7) is 0.168. The van der Waals surface area contributed by atoms with E-state index in [0.29, 0.717) is 22.9 Å². The first kappa shape index (κ1) is 15.6. The van der Waals surface area contributed by atoms with Crippen LogP contribution in [0.5, 0.6) is 11.5 Å². The van der Waals surface area contributed by atoms with Crippen molar-refractivity contribution in [3.8, 4) is 11.5 Å². The molecule has 0 aliphatic carbocycles. The van der Waals surface area contributed by atoms with Crippen molar-refractivity contribution in [1.82, 2.24) is 4.98 Å². The Hall–Kier alpha value is -2.33. The zero-order chi connectivity index (χ0) is 16.4. The van der Waals surface area contributed by atoms with Gasteiger partial charge < -0.3 is 14.8 Å². The van der Waals surface area contributed by atoms with Crippen LogP contribution in [0.25, 0.3) is 0 Å². The first-order valence-corrected chi connectivity index (χ1v) is 9.28. The van der Waals surface area contributed by atoms with E-state index in [1.54, 1.807) is 23.6 Å². The van der Waals surface area contributed by atoms with Gasteiger partial charge in [0.2, 0.25) is 22.7 Å². The molecule has 8 nitrogen and oxygen atoms in total. The van der Waals surface area contributed by atoms with E-state index in [2.05, 4.69) is 15.0 Å². The molecule has 1 aliphatic heterocycles.